The number of carbonyl (C=O) groups is 1. The average Bonchev–Trinajstić information content (AvgIpc) is 2.74. The molecule has 0 spiro atoms. The highest BCUT2D eigenvalue weighted by Crippen LogP contribution is 2.54. The van der Waals surface area contributed by atoms with Crippen LogP contribution in [-0.2, 0) is 9.53 Å². The second kappa shape index (κ2) is 8.01. The van der Waals surface area contributed by atoms with Crippen molar-refractivity contribution in [1.82, 2.24) is 4.98 Å². The number of hydrogen-bond donors (Lipinski definition) is 2. The fourth-order valence-electron chi connectivity index (χ4n) is 5.04. The van der Waals surface area contributed by atoms with Gasteiger partial charge < -0.3 is 24.1 Å². The first-order chi connectivity index (χ1) is 15.1. The van der Waals surface area contributed by atoms with Gasteiger partial charge in [0, 0.05) is 36.9 Å². The summed E-state index contributed by atoms with van der Waals surface area (Å²) in [7, 11) is 0. The Bertz CT molecular complexity index is 1060. The second-order valence-corrected chi connectivity index (χ2v) is 9.23. The van der Waals surface area contributed by atoms with Gasteiger partial charge in [-0.05, 0) is 51.2 Å². The van der Waals surface area contributed by atoms with Gasteiger partial charge in [-0.2, -0.15) is 0 Å². The Labute approximate surface area is 186 Å². The molecule has 8 heteroatoms. The predicted molar refractivity (Wildman–Crippen MR) is 115 cm³/mol. The molecule has 2 aromatic rings. The molecule has 0 unspecified atom stereocenters. The van der Waals surface area contributed by atoms with E-state index in [9.17, 15) is 19.8 Å². The van der Waals surface area contributed by atoms with E-state index >= 15 is 0 Å². The van der Waals surface area contributed by atoms with E-state index in [4.69, 9.17) is 13.9 Å². The molecule has 1 aliphatic carbocycles. The SMILES string of the molecule is CC[C@](C)(O)[C@@H]1C[C@@H]2[C@@H](O)c3c(cc(-c4cccnc4)oc3=O)O[C@@]2(C)[C@H](OC(C)=O)C1. The molecule has 0 bridgehead atoms. The number of hydrogen-bond acceptors (Lipinski definition) is 8. The molecule has 2 N–H and O–H groups in total. The highest BCUT2D eigenvalue weighted by atomic mass is 16.6. The molecule has 6 atom stereocenters. The average molecular weight is 443 g/mol. The summed E-state index contributed by atoms with van der Waals surface area (Å²) in [6, 6.07) is 5.04. The number of fused-ring (bicyclic) bond motifs is 2. The number of pyridine rings is 1. The largest absolute Gasteiger partial charge is 0.482 e. The monoisotopic (exact) mass is 443 g/mol. The lowest BCUT2D eigenvalue weighted by Gasteiger charge is -2.54. The lowest BCUT2D eigenvalue weighted by Crippen LogP contribution is -2.62. The molecular formula is C24H29NO7. The Balaban J connectivity index is 1.81. The highest BCUT2D eigenvalue weighted by Gasteiger charge is 2.59. The maximum atomic E-state index is 12.9. The zero-order valence-corrected chi connectivity index (χ0v) is 18.7. The fraction of sp³-hybridized carbons (Fsp3) is 0.542. The number of esters is 1. The number of aliphatic hydroxyl groups excluding tert-OH is 1. The van der Waals surface area contributed by atoms with E-state index in [0.717, 1.165) is 0 Å². The summed E-state index contributed by atoms with van der Waals surface area (Å²) >= 11 is 0. The summed E-state index contributed by atoms with van der Waals surface area (Å²) in [5.74, 6) is -0.842. The maximum absolute atomic E-state index is 12.9. The molecule has 0 aromatic carbocycles. The molecular weight excluding hydrogens is 414 g/mol. The van der Waals surface area contributed by atoms with Crippen LogP contribution in [0.5, 0.6) is 5.75 Å². The van der Waals surface area contributed by atoms with Crippen molar-refractivity contribution in [2.45, 2.75) is 70.4 Å². The molecule has 1 saturated carbocycles. The highest BCUT2D eigenvalue weighted by molar-refractivity contribution is 5.66. The van der Waals surface area contributed by atoms with Gasteiger partial charge >= 0.3 is 11.6 Å². The summed E-state index contributed by atoms with van der Waals surface area (Å²) in [4.78, 5) is 28.8. The molecule has 1 aliphatic heterocycles. The van der Waals surface area contributed by atoms with E-state index in [1.54, 1.807) is 44.4 Å². The Morgan fingerprint density at radius 2 is 2.16 bits per heavy atom. The van der Waals surface area contributed by atoms with E-state index < -0.39 is 40.9 Å². The van der Waals surface area contributed by atoms with Gasteiger partial charge in [-0.25, -0.2) is 4.79 Å². The third-order valence-corrected chi connectivity index (χ3v) is 7.22. The summed E-state index contributed by atoms with van der Waals surface area (Å²) in [6.45, 7) is 6.73. The molecule has 3 heterocycles. The van der Waals surface area contributed by atoms with Crippen molar-refractivity contribution in [1.29, 1.82) is 0 Å². The van der Waals surface area contributed by atoms with E-state index in [1.807, 2.05) is 6.92 Å². The summed E-state index contributed by atoms with van der Waals surface area (Å²) in [5, 5.41) is 22.2. The van der Waals surface area contributed by atoms with Crippen LogP contribution in [0.15, 0.2) is 39.8 Å². The van der Waals surface area contributed by atoms with Crippen LogP contribution in [0.25, 0.3) is 11.3 Å². The standard InChI is InChI=1S/C24H29NO7/c1-5-23(3,29)15-9-16-21(27)20-18(32-24(16,4)19(10-15)30-13(2)26)11-17(31-22(20)28)14-7-6-8-25-12-14/h6-8,11-12,15-16,19,21,27,29H,5,9-10H2,1-4H3/t15-,16-,19-,21-,23+,24-/m1/s1. The molecule has 8 nitrogen and oxygen atoms in total. The first-order valence-corrected chi connectivity index (χ1v) is 10.9. The molecule has 172 valence electrons. The minimum absolute atomic E-state index is 0.0403. The first-order valence-electron chi connectivity index (χ1n) is 10.9. The Kier molecular flexibility index (Phi) is 5.63. The smallest absolute Gasteiger partial charge is 0.345 e. The molecule has 1 fully saturated rings. The van der Waals surface area contributed by atoms with Gasteiger partial charge in [0.25, 0.3) is 0 Å². The van der Waals surface area contributed by atoms with Crippen molar-refractivity contribution in [3.63, 3.8) is 0 Å². The topological polar surface area (TPSA) is 119 Å². The molecule has 4 rings (SSSR count). The van der Waals surface area contributed by atoms with Crippen LogP contribution in [0.4, 0.5) is 0 Å². The van der Waals surface area contributed by atoms with Crippen molar-refractivity contribution in [3.05, 3.63) is 46.6 Å². The third kappa shape index (κ3) is 3.71. The molecule has 0 radical (unpaired) electrons. The summed E-state index contributed by atoms with van der Waals surface area (Å²) in [6.07, 6.45) is 2.55. The molecule has 0 saturated heterocycles. The number of aromatic nitrogens is 1. The van der Waals surface area contributed by atoms with Crippen molar-refractivity contribution in [2.75, 3.05) is 0 Å². The number of rotatable bonds is 4. The third-order valence-electron chi connectivity index (χ3n) is 7.22. The zero-order chi connectivity index (χ0) is 23.3. The molecule has 2 aromatic heterocycles. The number of aliphatic hydroxyl groups is 2. The summed E-state index contributed by atoms with van der Waals surface area (Å²) < 4.78 is 17.5. The Hall–Kier alpha value is -2.71. The quantitative estimate of drug-likeness (QED) is 0.692. The predicted octanol–water partition coefficient (Wildman–Crippen LogP) is 3.01. The van der Waals surface area contributed by atoms with Gasteiger partial charge in [0.05, 0.1) is 11.7 Å². The number of nitrogens with zero attached hydrogens (tertiary/aromatic N) is 1. The molecule has 2 aliphatic rings. The van der Waals surface area contributed by atoms with Gasteiger partial charge in [0.2, 0.25) is 0 Å². The van der Waals surface area contributed by atoms with E-state index in [1.165, 1.54) is 6.92 Å². The van der Waals surface area contributed by atoms with Crippen LogP contribution in [-0.4, -0.2) is 38.5 Å². The Morgan fingerprint density at radius 1 is 1.41 bits per heavy atom. The Morgan fingerprint density at radius 3 is 2.78 bits per heavy atom. The minimum Gasteiger partial charge on any atom is -0.482 e. The molecule has 32 heavy (non-hydrogen) atoms. The maximum Gasteiger partial charge on any atom is 0.345 e. The lowest BCUT2D eigenvalue weighted by molar-refractivity contribution is -0.204. The van der Waals surface area contributed by atoms with Gasteiger partial charge in [0.15, 0.2) is 0 Å². The van der Waals surface area contributed by atoms with Crippen LogP contribution in [0, 0.1) is 11.8 Å². The number of carbonyl (C=O) groups excluding carboxylic acids is 1. The van der Waals surface area contributed by atoms with Gasteiger partial charge in [-0.3, -0.25) is 9.78 Å². The van der Waals surface area contributed by atoms with Crippen molar-refractivity contribution < 1.29 is 28.9 Å². The van der Waals surface area contributed by atoms with Crippen LogP contribution >= 0.6 is 0 Å². The van der Waals surface area contributed by atoms with Gasteiger partial charge in [-0.15, -0.1) is 0 Å². The normalized spacial score (nSPS) is 30.9. The first kappa shape index (κ1) is 22.5. The van der Waals surface area contributed by atoms with Crippen LogP contribution in [0.2, 0.25) is 0 Å². The minimum atomic E-state index is -1.20. The van der Waals surface area contributed by atoms with E-state index in [2.05, 4.69) is 4.98 Å². The van der Waals surface area contributed by atoms with Crippen LogP contribution in [0.3, 0.4) is 0 Å². The van der Waals surface area contributed by atoms with Crippen LogP contribution < -0.4 is 10.4 Å². The summed E-state index contributed by atoms with van der Waals surface area (Å²) in [5.41, 5.74) is -2.16. The van der Waals surface area contributed by atoms with Crippen molar-refractivity contribution in [2.24, 2.45) is 11.8 Å². The van der Waals surface area contributed by atoms with Crippen molar-refractivity contribution in [3.8, 4) is 17.1 Å². The lowest BCUT2D eigenvalue weighted by atomic mass is 9.61. The van der Waals surface area contributed by atoms with E-state index in [0.29, 0.717) is 24.8 Å². The van der Waals surface area contributed by atoms with Crippen LogP contribution in [0.1, 0.15) is 58.6 Å². The molecule has 0 amide bonds. The second-order valence-electron chi connectivity index (χ2n) is 9.23. The fourth-order valence-corrected chi connectivity index (χ4v) is 5.04. The van der Waals surface area contributed by atoms with Gasteiger partial charge in [-0.1, -0.05) is 6.92 Å². The zero-order valence-electron chi connectivity index (χ0n) is 18.7. The van der Waals surface area contributed by atoms with E-state index in [-0.39, 0.29) is 23.0 Å². The van der Waals surface area contributed by atoms with Crippen molar-refractivity contribution >= 4 is 5.97 Å². The number of ether oxygens (including phenoxy) is 2. The van der Waals surface area contributed by atoms with Gasteiger partial charge in [0.1, 0.15) is 28.8 Å².